The van der Waals surface area contributed by atoms with Crippen molar-refractivity contribution in [2.45, 2.75) is 113 Å². The minimum atomic E-state index is -1.64. The van der Waals surface area contributed by atoms with Crippen LogP contribution < -0.4 is 19.5 Å². The molecular weight excluding hydrogens is 698 g/mol. The average Bonchev–Trinajstić information content (AvgIpc) is 3.71. The van der Waals surface area contributed by atoms with Crippen LogP contribution in [0, 0.1) is 47.8 Å². The van der Waals surface area contributed by atoms with Gasteiger partial charge in [-0.3, -0.25) is 33.6 Å². The number of carbonyl (C=O) groups is 7. The summed E-state index contributed by atoms with van der Waals surface area (Å²) in [6.07, 6.45) is 1.26. The first-order valence-corrected chi connectivity index (χ1v) is 18.6. The van der Waals surface area contributed by atoms with Gasteiger partial charge < -0.3 is 29.0 Å². The minimum Gasteiger partial charge on any atom is -0.455 e. The molecule has 13 heteroatoms. The van der Waals surface area contributed by atoms with Crippen LogP contribution in [0.5, 0.6) is 17.2 Å². The molecule has 1 N–H and O–H groups in total. The number of rotatable bonds is 6. The van der Waals surface area contributed by atoms with Crippen LogP contribution in [-0.2, 0) is 43.0 Å². The van der Waals surface area contributed by atoms with Gasteiger partial charge in [-0.05, 0) is 57.4 Å². The summed E-state index contributed by atoms with van der Waals surface area (Å²) in [6.45, 7) is 16.2. The van der Waals surface area contributed by atoms with Crippen molar-refractivity contribution < 1.29 is 57.2 Å². The Bertz CT molecular complexity index is 1920. The van der Waals surface area contributed by atoms with E-state index in [1.165, 1.54) is 6.92 Å². The summed E-state index contributed by atoms with van der Waals surface area (Å²) in [7, 11) is 0. The maximum absolute atomic E-state index is 16.0. The lowest BCUT2D eigenvalue weighted by Gasteiger charge is -2.47. The fourth-order valence-corrected chi connectivity index (χ4v) is 9.91. The minimum absolute atomic E-state index is 0.104. The first-order chi connectivity index (χ1) is 25.3. The molecule has 2 aliphatic carbocycles. The quantitative estimate of drug-likeness (QED) is 0.172. The molecule has 0 aromatic heterocycles. The number of ether oxygens (including phenoxy) is 5. The van der Waals surface area contributed by atoms with Gasteiger partial charge in [0.15, 0.2) is 29.2 Å². The number of hydrogen-bond donors (Lipinski definition) is 1. The van der Waals surface area contributed by atoms with Crippen LogP contribution in [0.1, 0.15) is 110 Å². The van der Waals surface area contributed by atoms with Crippen molar-refractivity contribution in [3.8, 4) is 17.2 Å². The molecule has 0 radical (unpaired) electrons. The number of hydrogen-bond acceptors (Lipinski definition) is 12. The van der Waals surface area contributed by atoms with Gasteiger partial charge in [-0.2, -0.15) is 0 Å². The second kappa shape index (κ2) is 14.2. The molecule has 10 atom stereocenters. The highest BCUT2D eigenvalue weighted by Gasteiger charge is 2.71. The number of ketones is 2. The van der Waals surface area contributed by atoms with E-state index in [1.807, 2.05) is 32.9 Å². The van der Waals surface area contributed by atoms with Gasteiger partial charge in [0, 0.05) is 56.7 Å². The zero-order chi connectivity index (χ0) is 39.7. The maximum Gasteiger partial charge on any atom is 0.308 e. The van der Waals surface area contributed by atoms with E-state index in [2.05, 4.69) is 19.2 Å². The summed E-state index contributed by atoms with van der Waals surface area (Å²) in [4.78, 5) is 95.8. The van der Waals surface area contributed by atoms with Gasteiger partial charge in [-0.25, -0.2) is 0 Å². The SMILES string of the molecule is CC(=O)Oc1c(C)c2c(c(OC(C)=O)c1OC(C)=O)C1OC2C2C(=O)C34C(=O)NC(CC(C)C)C3C(C)C(C)=CC4C=C(C)CCC(OC(C)=O)C(=O)C12. The van der Waals surface area contributed by atoms with Gasteiger partial charge in [0.25, 0.3) is 0 Å². The fourth-order valence-electron chi connectivity index (χ4n) is 9.91. The topological polar surface area (TPSA) is 178 Å². The molecule has 54 heavy (non-hydrogen) atoms. The van der Waals surface area contributed by atoms with Gasteiger partial charge in [0.05, 0.1) is 24.0 Å². The Hall–Kier alpha value is -4.65. The lowest BCUT2D eigenvalue weighted by atomic mass is 9.51. The summed E-state index contributed by atoms with van der Waals surface area (Å²) in [5, 5.41) is 3.22. The molecule has 1 aromatic carbocycles. The molecular formula is C41H49NO12. The Labute approximate surface area is 314 Å². The second-order valence-corrected chi connectivity index (χ2v) is 16.0. The predicted octanol–water partition coefficient (Wildman–Crippen LogP) is 5.30. The zero-order valence-electron chi connectivity index (χ0n) is 32.4. The molecule has 5 aliphatic rings. The van der Waals surface area contributed by atoms with Gasteiger partial charge in [0.1, 0.15) is 5.41 Å². The maximum atomic E-state index is 16.0. The van der Waals surface area contributed by atoms with E-state index in [1.54, 1.807) is 6.92 Å². The lowest BCUT2D eigenvalue weighted by molar-refractivity contribution is -0.158. The number of fused-ring (bicyclic) bond motifs is 8. The van der Waals surface area contributed by atoms with E-state index in [9.17, 15) is 28.8 Å². The van der Waals surface area contributed by atoms with Crippen LogP contribution >= 0.6 is 0 Å². The molecule has 1 amide bonds. The number of esters is 4. The number of allylic oxidation sites excluding steroid dienone is 4. The van der Waals surface area contributed by atoms with Crippen molar-refractivity contribution in [2.24, 2.45) is 40.9 Å². The monoisotopic (exact) mass is 747 g/mol. The predicted molar refractivity (Wildman–Crippen MR) is 191 cm³/mol. The van der Waals surface area contributed by atoms with Crippen molar-refractivity contribution >= 4 is 41.4 Å². The second-order valence-electron chi connectivity index (χ2n) is 16.0. The lowest BCUT2D eigenvalue weighted by Crippen LogP contribution is -2.56. The van der Waals surface area contributed by atoms with E-state index < -0.39 is 88.7 Å². The molecule has 3 aliphatic heterocycles. The molecule has 2 fully saturated rings. The Morgan fingerprint density at radius 3 is 2.02 bits per heavy atom. The van der Waals surface area contributed by atoms with Crippen LogP contribution in [-0.4, -0.2) is 53.5 Å². The van der Waals surface area contributed by atoms with Gasteiger partial charge in [-0.15, -0.1) is 0 Å². The molecule has 1 spiro atoms. The average molecular weight is 748 g/mol. The first kappa shape index (κ1) is 39.1. The third kappa shape index (κ3) is 6.17. The molecule has 2 saturated heterocycles. The zero-order valence-corrected chi connectivity index (χ0v) is 32.4. The Kier molecular flexibility index (Phi) is 10.3. The van der Waals surface area contributed by atoms with Crippen molar-refractivity contribution in [1.82, 2.24) is 5.32 Å². The number of nitrogens with one attached hydrogen (secondary N) is 1. The van der Waals surface area contributed by atoms with E-state index in [0.717, 1.165) is 31.9 Å². The van der Waals surface area contributed by atoms with Crippen molar-refractivity contribution in [3.05, 3.63) is 40.0 Å². The molecule has 10 unspecified atom stereocenters. The van der Waals surface area contributed by atoms with E-state index in [0.29, 0.717) is 18.4 Å². The van der Waals surface area contributed by atoms with Gasteiger partial charge in [-0.1, -0.05) is 44.1 Å². The van der Waals surface area contributed by atoms with Crippen molar-refractivity contribution in [3.63, 3.8) is 0 Å². The summed E-state index contributed by atoms with van der Waals surface area (Å²) in [5.41, 5.74) is 0.972. The molecule has 13 nitrogen and oxygen atoms in total. The van der Waals surface area contributed by atoms with E-state index in [-0.39, 0.29) is 52.7 Å². The van der Waals surface area contributed by atoms with Gasteiger partial charge in [0.2, 0.25) is 11.7 Å². The molecule has 2 bridgehead atoms. The van der Waals surface area contributed by atoms with Crippen LogP contribution in [0.4, 0.5) is 0 Å². The molecule has 1 aromatic rings. The molecule has 0 saturated carbocycles. The van der Waals surface area contributed by atoms with Crippen LogP contribution in [0.15, 0.2) is 23.3 Å². The van der Waals surface area contributed by atoms with Crippen LogP contribution in [0.2, 0.25) is 0 Å². The Balaban J connectivity index is 1.67. The van der Waals surface area contributed by atoms with Gasteiger partial charge >= 0.3 is 23.9 Å². The van der Waals surface area contributed by atoms with Crippen molar-refractivity contribution in [1.29, 1.82) is 0 Å². The number of benzene rings is 1. The molecule has 6 rings (SSSR count). The molecule has 290 valence electrons. The summed E-state index contributed by atoms with van der Waals surface area (Å²) < 4.78 is 29.1. The van der Waals surface area contributed by atoms with Crippen LogP contribution in [0.25, 0.3) is 0 Å². The Morgan fingerprint density at radius 1 is 0.833 bits per heavy atom. The van der Waals surface area contributed by atoms with E-state index in [4.69, 9.17) is 23.7 Å². The van der Waals surface area contributed by atoms with Crippen LogP contribution in [0.3, 0.4) is 0 Å². The Morgan fingerprint density at radius 2 is 1.43 bits per heavy atom. The number of carbonyl (C=O) groups excluding carboxylic acids is 7. The summed E-state index contributed by atoms with van der Waals surface area (Å²) in [6, 6.07) is -0.338. The highest BCUT2D eigenvalue weighted by molar-refractivity contribution is 6.12. The summed E-state index contributed by atoms with van der Waals surface area (Å²) in [5.74, 6) is -9.16. The largest absolute Gasteiger partial charge is 0.455 e. The standard InChI is InChI=1S/C41H49NO12/c1-16(2)13-26-32-19(5)18(4)15-25-14-17(3)11-12-27(50-21(7)43)33(47)29-31(39(48)41(25,32)40(49)42-26)35-28-20(6)34(51-22(8)44)38(53-24(10)46)37(52-23(9)45)30(28)36(29)54-35/h14-16,19,25-27,29,31-32,35-36H,11-13H2,1-10H3,(H,42,49). The van der Waals surface area contributed by atoms with E-state index >= 15 is 4.79 Å². The highest BCUT2D eigenvalue weighted by Crippen LogP contribution is 2.67. The fraction of sp³-hybridized carbons (Fsp3) is 0.585. The van der Waals surface area contributed by atoms with Crippen molar-refractivity contribution in [2.75, 3.05) is 0 Å². The normalized spacial score (nSPS) is 32.6. The number of Topliss-reactive ketones (excluding diaryl/α,β-unsaturated/α-hetero) is 2. The third-order valence-electron chi connectivity index (χ3n) is 11.9. The number of amides is 1. The third-order valence-corrected chi connectivity index (χ3v) is 11.9. The first-order valence-electron chi connectivity index (χ1n) is 18.6. The highest BCUT2D eigenvalue weighted by atomic mass is 16.6. The smallest absolute Gasteiger partial charge is 0.308 e. The summed E-state index contributed by atoms with van der Waals surface area (Å²) >= 11 is 0. The molecule has 3 heterocycles.